The molecule has 1 N–H and O–H groups in total. The Morgan fingerprint density at radius 3 is 2.61 bits per heavy atom. The molecule has 28 heavy (non-hydrogen) atoms. The highest BCUT2D eigenvalue weighted by Crippen LogP contribution is 2.27. The number of fused-ring (bicyclic) bond motifs is 1. The highest BCUT2D eigenvalue weighted by atomic mass is 19.2. The first kappa shape index (κ1) is 19.5. The van der Waals surface area contributed by atoms with Gasteiger partial charge in [0.2, 0.25) is 5.76 Å². The SMILES string of the molecule is COCc1c(C(=O)O[C@@H](C)C(=O)Nc2ccc(F)c(F)c2)oc2ccccc12. The van der Waals surface area contributed by atoms with Gasteiger partial charge in [-0.25, -0.2) is 13.6 Å². The number of furan rings is 1. The number of carbonyl (C=O) groups is 2. The molecule has 1 amide bonds. The van der Waals surface area contributed by atoms with Crippen LogP contribution in [0.3, 0.4) is 0 Å². The molecule has 6 nitrogen and oxygen atoms in total. The molecular formula is C20H17F2NO5. The summed E-state index contributed by atoms with van der Waals surface area (Å²) >= 11 is 0. The van der Waals surface area contributed by atoms with Gasteiger partial charge in [-0.3, -0.25) is 4.79 Å². The molecule has 146 valence electrons. The molecule has 3 aromatic rings. The first-order valence-electron chi connectivity index (χ1n) is 8.37. The molecule has 3 rings (SSSR count). The zero-order valence-corrected chi connectivity index (χ0v) is 15.1. The molecular weight excluding hydrogens is 372 g/mol. The van der Waals surface area contributed by atoms with Gasteiger partial charge in [0.1, 0.15) is 5.58 Å². The lowest BCUT2D eigenvalue weighted by molar-refractivity contribution is -0.123. The third-order valence-corrected chi connectivity index (χ3v) is 4.01. The van der Waals surface area contributed by atoms with Crippen molar-refractivity contribution in [3.8, 4) is 0 Å². The number of para-hydroxylation sites is 1. The number of hydrogen-bond acceptors (Lipinski definition) is 5. The number of nitrogens with one attached hydrogen (secondary N) is 1. The summed E-state index contributed by atoms with van der Waals surface area (Å²) in [6.45, 7) is 1.47. The van der Waals surface area contributed by atoms with Crippen molar-refractivity contribution in [1.82, 2.24) is 0 Å². The number of benzene rings is 2. The second-order valence-corrected chi connectivity index (χ2v) is 6.00. The summed E-state index contributed by atoms with van der Waals surface area (Å²) < 4.78 is 42.1. The van der Waals surface area contributed by atoms with Crippen LogP contribution in [-0.4, -0.2) is 25.1 Å². The molecule has 0 aliphatic carbocycles. The first-order valence-corrected chi connectivity index (χ1v) is 8.37. The predicted octanol–water partition coefficient (Wildman–Crippen LogP) is 4.04. The van der Waals surface area contributed by atoms with E-state index in [0.717, 1.165) is 12.1 Å². The Morgan fingerprint density at radius 2 is 1.89 bits per heavy atom. The van der Waals surface area contributed by atoms with Crippen LogP contribution < -0.4 is 5.32 Å². The Kier molecular flexibility index (Phi) is 5.70. The summed E-state index contributed by atoms with van der Waals surface area (Å²) in [6, 6.07) is 9.94. The molecule has 0 fully saturated rings. The molecule has 0 aliphatic heterocycles. The summed E-state index contributed by atoms with van der Waals surface area (Å²) in [4.78, 5) is 24.7. The molecule has 8 heteroatoms. The van der Waals surface area contributed by atoms with Crippen LogP contribution in [0.1, 0.15) is 23.0 Å². The predicted molar refractivity (Wildman–Crippen MR) is 96.8 cm³/mol. The van der Waals surface area contributed by atoms with Crippen LogP contribution in [0, 0.1) is 11.6 Å². The third kappa shape index (κ3) is 4.01. The second-order valence-electron chi connectivity index (χ2n) is 6.00. The van der Waals surface area contributed by atoms with Gasteiger partial charge < -0.3 is 19.2 Å². The largest absolute Gasteiger partial charge is 0.449 e. The molecule has 2 aromatic carbocycles. The first-order chi connectivity index (χ1) is 13.4. The normalized spacial score (nSPS) is 12.0. The highest BCUT2D eigenvalue weighted by Gasteiger charge is 2.26. The fraction of sp³-hybridized carbons (Fsp3) is 0.200. The molecule has 0 bridgehead atoms. The molecule has 0 spiro atoms. The second kappa shape index (κ2) is 8.18. The number of halogens is 2. The van der Waals surface area contributed by atoms with Gasteiger partial charge in [0.05, 0.1) is 6.61 Å². The molecule has 0 unspecified atom stereocenters. The van der Waals surface area contributed by atoms with Crippen LogP contribution in [-0.2, 0) is 20.9 Å². The van der Waals surface area contributed by atoms with Crippen molar-refractivity contribution in [2.45, 2.75) is 19.6 Å². The van der Waals surface area contributed by atoms with Gasteiger partial charge in [-0.05, 0) is 25.1 Å². The Hall–Kier alpha value is -3.26. The lowest BCUT2D eigenvalue weighted by atomic mass is 10.1. The van der Waals surface area contributed by atoms with Crippen LogP contribution in [0.15, 0.2) is 46.9 Å². The average Bonchev–Trinajstić information content (AvgIpc) is 3.04. The topological polar surface area (TPSA) is 77.8 Å². The van der Waals surface area contributed by atoms with E-state index in [-0.39, 0.29) is 18.1 Å². The molecule has 0 saturated carbocycles. The van der Waals surface area contributed by atoms with Crippen LogP contribution in [0.25, 0.3) is 11.0 Å². The number of amides is 1. The lowest BCUT2D eigenvalue weighted by Gasteiger charge is -2.13. The Labute approximate surface area is 159 Å². The van der Waals surface area contributed by atoms with Crippen molar-refractivity contribution < 1.29 is 32.3 Å². The maximum Gasteiger partial charge on any atom is 0.375 e. The van der Waals surface area contributed by atoms with Gasteiger partial charge >= 0.3 is 5.97 Å². The lowest BCUT2D eigenvalue weighted by Crippen LogP contribution is -2.30. The van der Waals surface area contributed by atoms with E-state index in [1.807, 2.05) is 0 Å². The summed E-state index contributed by atoms with van der Waals surface area (Å²) in [5.74, 6) is -3.74. The van der Waals surface area contributed by atoms with E-state index in [1.165, 1.54) is 20.1 Å². The van der Waals surface area contributed by atoms with E-state index >= 15 is 0 Å². The van der Waals surface area contributed by atoms with Gasteiger partial charge in [-0.15, -0.1) is 0 Å². The highest BCUT2D eigenvalue weighted by molar-refractivity contribution is 5.99. The minimum atomic E-state index is -1.20. The fourth-order valence-electron chi connectivity index (χ4n) is 2.64. The summed E-state index contributed by atoms with van der Waals surface area (Å²) in [7, 11) is 1.48. The number of hydrogen-bond donors (Lipinski definition) is 1. The Balaban J connectivity index is 1.74. The van der Waals surface area contributed by atoms with E-state index in [9.17, 15) is 18.4 Å². The van der Waals surface area contributed by atoms with Gasteiger partial charge in [0.25, 0.3) is 5.91 Å². The molecule has 1 heterocycles. The zero-order valence-electron chi connectivity index (χ0n) is 15.1. The molecule has 1 aromatic heterocycles. The number of anilines is 1. The van der Waals surface area contributed by atoms with Gasteiger partial charge in [0.15, 0.2) is 17.7 Å². The van der Waals surface area contributed by atoms with E-state index in [4.69, 9.17) is 13.9 Å². The van der Waals surface area contributed by atoms with E-state index in [2.05, 4.69) is 5.32 Å². The van der Waals surface area contributed by atoms with Crippen molar-refractivity contribution in [1.29, 1.82) is 0 Å². The smallest absolute Gasteiger partial charge is 0.375 e. The summed E-state index contributed by atoms with van der Waals surface area (Å²) in [5, 5.41) is 3.06. The Morgan fingerprint density at radius 1 is 1.14 bits per heavy atom. The number of rotatable bonds is 6. The average molecular weight is 389 g/mol. The van der Waals surface area contributed by atoms with Crippen molar-refractivity contribution >= 4 is 28.5 Å². The number of ether oxygens (including phenoxy) is 2. The summed E-state index contributed by atoms with van der Waals surface area (Å²) in [5.41, 5.74) is 1.03. The van der Waals surface area contributed by atoms with Crippen molar-refractivity contribution in [2.24, 2.45) is 0 Å². The standard InChI is InChI=1S/C20H17F2NO5/c1-11(19(24)23-12-7-8-15(21)16(22)9-12)27-20(25)18-14(10-26-2)13-5-3-4-6-17(13)28-18/h3-9,11H,10H2,1-2H3,(H,23,24)/t11-/m0/s1. The van der Waals surface area contributed by atoms with Crippen LogP contribution in [0.4, 0.5) is 14.5 Å². The maximum absolute atomic E-state index is 13.2. The molecule has 0 saturated heterocycles. The fourth-order valence-corrected chi connectivity index (χ4v) is 2.64. The van der Waals surface area contributed by atoms with E-state index in [1.54, 1.807) is 24.3 Å². The quantitative estimate of drug-likeness (QED) is 0.644. The number of esters is 1. The zero-order chi connectivity index (χ0) is 20.3. The van der Waals surface area contributed by atoms with Crippen molar-refractivity contribution in [3.05, 3.63) is 65.4 Å². The van der Waals surface area contributed by atoms with Crippen LogP contribution in [0.2, 0.25) is 0 Å². The summed E-state index contributed by atoms with van der Waals surface area (Å²) in [6.07, 6.45) is -1.20. The van der Waals surface area contributed by atoms with Gasteiger partial charge in [0, 0.05) is 29.8 Å². The Bertz CT molecular complexity index is 1030. The van der Waals surface area contributed by atoms with Gasteiger partial charge in [-0.1, -0.05) is 18.2 Å². The molecule has 0 aliphatic rings. The number of carbonyl (C=O) groups excluding carboxylic acids is 2. The molecule has 0 radical (unpaired) electrons. The van der Waals surface area contributed by atoms with Crippen molar-refractivity contribution in [2.75, 3.05) is 12.4 Å². The van der Waals surface area contributed by atoms with Gasteiger partial charge in [-0.2, -0.15) is 0 Å². The molecule has 1 atom stereocenters. The van der Waals surface area contributed by atoms with Crippen molar-refractivity contribution in [3.63, 3.8) is 0 Å². The van der Waals surface area contributed by atoms with Crippen LogP contribution in [0.5, 0.6) is 0 Å². The van der Waals surface area contributed by atoms with Crippen LogP contribution >= 0.6 is 0 Å². The van der Waals surface area contributed by atoms with E-state index in [0.29, 0.717) is 16.5 Å². The monoisotopic (exact) mass is 389 g/mol. The number of methoxy groups -OCH3 is 1. The minimum absolute atomic E-state index is 0.0376. The minimum Gasteiger partial charge on any atom is -0.449 e. The maximum atomic E-state index is 13.2. The third-order valence-electron chi connectivity index (χ3n) is 4.01. The van der Waals surface area contributed by atoms with E-state index < -0.39 is 29.6 Å².